The zero-order chi connectivity index (χ0) is 28.3. The van der Waals surface area contributed by atoms with Crippen molar-refractivity contribution in [3.63, 3.8) is 0 Å². The molecule has 200 valence electrons. The third kappa shape index (κ3) is 3.68. The van der Waals surface area contributed by atoms with E-state index in [2.05, 4.69) is 137 Å². The number of rotatable bonds is 3. The second kappa shape index (κ2) is 9.37. The highest BCUT2D eigenvalue weighted by molar-refractivity contribution is 6.28. The maximum absolute atomic E-state index is 5.26. The minimum absolute atomic E-state index is 0.847. The van der Waals surface area contributed by atoms with Gasteiger partial charge in [0.25, 0.3) is 0 Å². The van der Waals surface area contributed by atoms with Crippen molar-refractivity contribution >= 4 is 54.1 Å². The zero-order valence-electron chi connectivity index (χ0n) is 23.3. The highest BCUT2D eigenvalue weighted by atomic mass is 15.1. The molecular weight excluding hydrogens is 522 g/mol. The van der Waals surface area contributed by atoms with Gasteiger partial charge in [-0.15, -0.1) is 0 Å². The van der Waals surface area contributed by atoms with Crippen molar-refractivity contribution in [3.05, 3.63) is 152 Å². The number of hydrogen-bond acceptors (Lipinski definition) is 2. The molecule has 0 atom stereocenters. The van der Waals surface area contributed by atoms with Gasteiger partial charge in [-0.3, -0.25) is 9.55 Å². The summed E-state index contributed by atoms with van der Waals surface area (Å²) in [4.78, 5) is 9.93. The van der Waals surface area contributed by atoms with E-state index in [1.807, 2.05) is 24.4 Å². The minimum atomic E-state index is 0.847. The summed E-state index contributed by atoms with van der Waals surface area (Å²) >= 11 is 0. The van der Waals surface area contributed by atoms with Crippen LogP contribution >= 0.6 is 0 Å². The lowest BCUT2D eigenvalue weighted by Crippen LogP contribution is -2.00. The first kappa shape index (κ1) is 23.9. The fourth-order valence-electron chi connectivity index (χ4n) is 6.69. The van der Waals surface area contributed by atoms with Crippen molar-refractivity contribution < 1.29 is 0 Å². The topological polar surface area (TPSA) is 30.7 Å². The Morgan fingerprint density at radius 3 is 1.67 bits per heavy atom. The molecule has 0 bridgehead atoms. The first-order valence-electron chi connectivity index (χ1n) is 14.6. The molecule has 3 heteroatoms. The number of benzene rings is 6. The maximum atomic E-state index is 5.26. The summed E-state index contributed by atoms with van der Waals surface area (Å²) in [5, 5.41) is 10.0. The molecule has 0 radical (unpaired) electrons. The van der Waals surface area contributed by atoms with E-state index in [4.69, 9.17) is 4.98 Å². The molecule has 0 aliphatic rings. The van der Waals surface area contributed by atoms with Gasteiger partial charge < -0.3 is 0 Å². The first-order valence-corrected chi connectivity index (χ1v) is 14.6. The van der Waals surface area contributed by atoms with Crippen LogP contribution in [0.2, 0.25) is 0 Å². The highest BCUT2D eigenvalue weighted by Gasteiger charge is 2.18. The van der Waals surface area contributed by atoms with E-state index in [0.29, 0.717) is 0 Å². The predicted molar refractivity (Wildman–Crippen MR) is 180 cm³/mol. The van der Waals surface area contributed by atoms with Crippen LogP contribution in [0.3, 0.4) is 0 Å². The van der Waals surface area contributed by atoms with E-state index >= 15 is 0 Å². The van der Waals surface area contributed by atoms with Crippen molar-refractivity contribution in [2.24, 2.45) is 0 Å². The van der Waals surface area contributed by atoms with Crippen LogP contribution < -0.4 is 0 Å². The Kier molecular flexibility index (Phi) is 5.20. The van der Waals surface area contributed by atoms with Crippen molar-refractivity contribution in [3.8, 4) is 28.3 Å². The van der Waals surface area contributed by atoms with Crippen LogP contribution in [0.25, 0.3) is 82.5 Å². The van der Waals surface area contributed by atoms with Gasteiger partial charge in [0.15, 0.2) is 0 Å². The molecule has 0 amide bonds. The summed E-state index contributed by atoms with van der Waals surface area (Å²) in [5.41, 5.74) is 6.22. The SMILES string of the molecule is c1ccc(-c2cc(-c3ccccn3)nc(-n3c4ccccc4c4cc5c6ccccc6c6ccccc6c5cc43)c2)cc1. The monoisotopic (exact) mass is 547 g/mol. The number of pyridine rings is 2. The molecule has 3 nitrogen and oxygen atoms in total. The van der Waals surface area contributed by atoms with Gasteiger partial charge in [0.1, 0.15) is 5.82 Å². The van der Waals surface area contributed by atoms with Crippen LogP contribution in [0, 0.1) is 0 Å². The molecule has 3 heterocycles. The largest absolute Gasteiger partial charge is 0.294 e. The number of aromatic nitrogens is 3. The van der Waals surface area contributed by atoms with Gasteiger partial charge in [0.05, 0.1) is 22.4 Å². The normalized spacial score (nSPS) is 11.7. The number of para-hydroxylation sites is 1. The Morgan fingerprint density at radius 1 is 0.372 bits per heavy atom. The third-order valence-electron chi connectivity index (χ3n) is 8.61. The van der Waals surface area contributed by atoms with E-state index in [1.165, 1.54) is 43.1 Å². The Morgan fingerprint density at radius 2 is 0.977 bits per heavy atom. The van der Waals surface area contributed by atoms with Gasteiger partial charge in [0.2, 0.25) is 0 Å². The van der Waals surface area contributed by atoms with Gasteiger partial charge in [-0.1, -0.05) is 103 Å². The Hall–Kier alpha value is -5.80. The molecule has 0 saturated heterocycles. The third-order valence-corrected chi connectivity index (χ3v) is 8.61. The van der Waals surface area contributed by atoms with E-state index < -0.39 is 0 Å². The fourth-order valence-corrected chi connectivity index (χ4v) is 6.69. The Balaban J connectivity index is 1.43. The van der Waals surface area contributed by atoms with E-state index in [1.54, 1.807) is 0 Å². The van der Waals surface area contributed by atoms with Gasteiger partial charge in [0, 0.05) is 17.0 Å². The van der Waals surface area contributed by atoms with Gasteiger partial charge in [-0.05, 0) is 85.9 Å². The second-order valence-corrected chi connectivity index (χ2v) is 11.0. The van der Waals surface area contributed by atoms with E-state index in [0.717, 1.165) is 39.4 Å². The summed E-state index contributed by atoms with van der Waals surface area (Å²) < 4.78 is 2.33. The van der Waals surface area contributed by atoms with Crippen LogP contribution in [-0.4, -0.2) is 14.5 Å². The summed E-state index contributed by atoms with van der Waals surface area (Å²) in [6.07, 6.45) is 1.83. The molecule has 3 aromatic heterocycles. The van der Waals surface area contributed by atoms with Gasteiger partial charge >= 0.3 is 0 Å². The minimum Gasteiger partial charge on any atom is -0.294 e. The molecule has 43 heavy (non-hydrogen) atoms. The number of fused-ring (bicyclic) bond motifs is 9. The Bertz CT molecular complexity index is 2440. The molecule has 9 aromatic rings. The molecule has 0 aliphatic heterocycles. The van der Waals surface area contributed by atoms with Crippen LogP contribution in [0.15, 0.2) is 152 Å². The summed E-state index contributed by atoms with van der Waals surface area (Å²) in [6, 6.07) is 51.8. The lowest BCUT2D eigenvalue weighted by molar-refractivity contribution is 1.08. The zero-order valence-corrected chi connectivity index (χ0v) is 23.3. The summed E-state index contributed by atoms with van der Waals surface area (Å²) in [6.45, 7) is 0. The van der Waals surface area contributed by atoms with Crippen molar-refractivity contribution in [2.75, 3.05) is 0 Å². The van der Waals surface area contributed by atoms with Crippen molar-refractivity contribution in [1.29, 1.82) is 0 Å². The second-order valence-electron chi connectivity index (χ2n) is 11.0. The van der Waals surface area contributed by atoms with Gasteiger partial charge in [-0.25, -0.2) is 4.98 Å². The molecule has 9 rings (SSSR count). The maximum Gasteiger partial charge on any atom is 0.138 e. The quantitative estimate of drug-likeness (QED) is 0.206. The van der Waals surface area contributed by atoms with E-state index in [-0.39, 0.29) is 0 Å². The van der Waals surface area contributed by atoms with Crippen LogP contribution in [0.4, 0.5) is 0 Å². The highest BCUT2D eigenvalue weighted by Crippen LogP contribution is 2.41. The molecule has 0 unspecified atom stereocenters. The summed E-state index contributed by atoms with van der Waals surface area (Å²) in [5.74, 6) is 0.873. The molecule has 0 aliphatic carbocycles. The molecule has 0 spiro atoms. The standard InChI is InChI=1S/C40H25N3/c1-2-12-26(13-3-1)27-22-37(36-19-10-11-21-41-36)42-40(23-27)43-38-20-9-8-18-32(38)35-24-33-30-16-6-4-14-28(30)29-15-5-7-17-31(29)34(33)25-39(35)43/h1-25H. The number of hydrogen-bond donors (Lipinski definition) is 0. The van der Waals surface area contributed by atoms with Crippen molar-refractivity contribution in [1.82, 2.24) is 14.5 Å². The molecule has 6 aromatic carbocycles. The molecule has 0 fully saturated rings. The smallest absolute Gasteiger partial charge is 0.138 e. The molecule has 0 saturated carbocycles. The number of nitrogens with zero attached hydrogens (tertiary/aromatic N) is 3. The Labute approximate surface area is 248 Å². The van der Waals surface area contributed by atoms with E-state index in [9.17, 15) is 0 Å². The fraction of sp³-hybridized carbons (Fsp3) is 0. The summed E-state index contributed by atoms with van der Waals surface area (Å²) in [7, 11) is 0. The lowest BCUT2D eigenvalue weighted by atomic mass is 9.93. The average molecular weight is 548 g/mol. The lowest BCUT2D eigenvalue weighted by Gasteiger charge is -2.14. The first-order chi connectivity index (χ1) is 21.3. The van der Waals surface area contributed by atoms with Crippen molar-refractivity contribution in [2.45, 2.75) is 0 Å². The van der Waals surface area contributed by atoms with Crippen LogP contribution in [-0.2, 0) is 0 Å². The molecule has 0 N–H and O–H groups in total. The predicted octanol–water partition coefficient (Wildman–Crippen LogP) is 10.4. The molecular formula is C40H25N3. The van der Waals surface area contributed by atoms with Crippen LogP contribution in [0.1, 0.15) is 0 Å². The van der Waals surface area contributed by atoms with Crippen LogP contribution in [0.5, 0.6) is 0 Å². The van der Waals surface area contributed by atoms with Gasteiger partial charge in [-0.2, -0.15) is 0 Å². The average Bonchev–Trinajstić information content (AvgIpc) is 3.41.